The summed E-state index contributed by atoms with van der Waals surface area (Å²) in [5, 5.41) is 2.89. The number of carbonyl (C=O) groups is 1. The number of nitrogens with one attached hydrogen (secondary N) is 1. The first-order chi connectivity index (χ1) is 11.0. The number of halogens is 1. The third kappa shape index (κ3) is 4.73. The number of amides is 1. The molecule has 2 aromatic rings. The van der Waals surface area contributed by atoms with Crippen molar-refractivity contribution in [2.75, 3.05) is 12.4 Å². The molecular formula is C18H20BrNO3. The van der Waals surface area contributed by atoms with E-state index in [1.54, 1.807) is 13.2 Å². The molecule has 0 saturated heterocycles. The normalized spacial score (nSPS) is 11.7. The van der Waals surface area contributed by atoms with Crippen molar-refractivity contribution in [3.8, 4) is 11.5 Å². The lowest BCUT2D eigenvalue weighted by Crippen LogP contribution is -2.32. The van der Waals surface area contributed by atoms with Crippen molar-refractivity contribution in [2.45, 2.75) is 26.4 Å². The van der Waals surface area contributed by atoms with E-state index in [0.717, 1.165) is 15.7 Å². The Balaban J connectivity index is 2.07. The van der Waals surface area contributed by atoms with Gasteiger partial charge in [0.1, 0.15) is 11.5 Å². The van der Waals surface area contributed by atoms with Crippen LogP contribution in [-0.4, -0.2) is 19.1 Å². The lowest BCUT2D eigenvalue weighted by molar-refractivity contribution is -0.122. The molecule has 0 radical (unpaired) electrons. The Morgan fingerprint density at radius 2 is 1.96 bits per heavy atom. The molecule has 0 bridgehead atoms. The summed E-state index contributed by atoms with van der Waals surface area (Å²) in [4.78, 5) is 12.4. The maximum Gasteiger partial charge on any atom is 0.265 e. The van der Waals surface area contributed by atoms with E-state index in [0.29, 0.717) is 17.9 Å². The van der Waals surface area contributed by atoms with Crippen LogP contribution in [-0.2, 0) is 4.79 Å². The van der Waals surface area contributed by atoms with Crippen molar-refractivity contribution < 1.29 is 14.3 Å². The third-order valence-corrected chi connectivity index (χ3v) is 4.30. The molecule has 0 saturated carbocycles. The molecule has 1 atom stereocenters. The zero-order valence-electron chi connectivity index (χ0n) is 13.4. The largest absolute Gasteiger partial charge is 0.497 e. The van der Waals surface area contributed by atoms with Gasteiger partial charge in [0.2, 0.25) is 0 Å². The molecule has 2 rings (SSSR count). The quantitative estimate of drug-likeness (QED) is 0.802. The number of anilines is 1. The van der Waals surface area contributed by atoms with Crippen molar-refractivity contribution in [1.82, 2.24) is 0 Å². The van der Waals surface area contributed by atoms with Crippen LogP contribution in [0.4, 0.5) is 5.69 Å². The van der Waals surface area contributed by atoms with Gasteiger partial charge in [0.05, 0.1) is 7.11 Å². The maximum absolute atomic E-state index is 12.4. The average molecular weight is 378 g/mol. The lowest BCUT2D eigenvalue weighted by atomic mass is 10.2. The summed E-state index contributed by atoms with van der Waals surface area (Å²) in [5.74, 6) is 1.14. The van der Waals surface area contributed by atoms with E-state index >= 15 is 0 Å². The molecule has 23 heavy (non-hydrogen) atoms. The topological polar surface area (TPSA) is 47.6 Å². The first-order valence-corrected chi connectivity index (χ1v) is 8.20. The number of aryl methyl sites for hydroxylation is 1. The Morgan fingerprint density at radius 3 is 2.61 bits per heavy atom. The second-order valence-corrected chi connectivity index (χ2v) is 6.00. The molecule has 0 aromatic heterocycles. The SMILES string of the molecule is CC[C@@H](Oc1cccc(OC)c1)C(=O)Nc1ccc(Br)c(C)c1. The highest BCUT2D eigenvalue weighted by molar-refractivity contribution is 9.10. The summed E-state index contributed by atoms with van der Waals surface area (Å²) in [7, 11) is 1.60. The van der Waals surface area contributed by atoms with Crippen molar-refractivity contribution >= 4 is 27.5 Å². The molecule has 1 N–H and O–H groups in total. The van der Waals surface area contributed by atoms with Gasteiger partial charge in [-0.3, -0.25) is 4.79 Å². The number of hydrogen-bond donors (Lipinski definition) is 1. The molecule has 122 valence electrons. The average Bonchev–Trinajstić information content (AvgIpc) is 2.56. The summed E-state index contributed by atoms with van der Waals surface area (Å²) in [6.45, 7) is 3.89. The minimum Gasteiger partial charge on any atom is -0.497 e. The Kier molecular flexibility index (Phi) is 6.04. The number of benzene rings is 2. The predicted molar refractivity (Wildman–Crippen MR) is 95.2 cm³/mol. The monoisotopic (exact) mass is 377 g/mol. The van der Waals surface area contributed by atoms with Crippen LogP contribution in [0.15, 0.2) is 46.9 Å². The minimum atomic E-state index is -0.564. The molecule has 5 heteroatoms. The van der Waals surface area contributed by atoms with Gasteiger partial charge in [-0.25, -0.2) is 0 Å². The fourth-order valence-corrected chi connectivity index (χ4v) is 2.35. The summed E-state index contributed by atoms with van der Waals surface area (Å²) in [6.07, 6.45) is 0.00417. The van der Waals surface area contributed by atoms with Crippen LogP contribution >= 0.6 is 15.9 Å². The van der Waals surface area contributed by atoms with Crippen LogP contribution in [0, 0.1) is 6.92 Å². The van der Waals surface area contributed by atoms with Gasteiger partial charge in [0.15, 0.2) is 6.10 Å². The Hall–Kier alpha value is -2.01. The predicted octanol–water partition coefficient (Wildman–Crippen LogP) is 4.56. The van der Waals surface area contributed by atoms with E-state index in [1.165, 1.54) is 0 Å². The zero-order valence-corrected chi connectivity index (χ0v) is 15.0. The molecule has 0 heterocycles. The number of ether oxygens (including phenoxy) is 2. The fourth-order valence-electron chi connectivity index (χ4n) is 2.11. The lowest BCUT2D eigenvalue weighted by Gasteiger charge is -2.18. The first kappa shape index (κ1) is 17.3. The van der Waals surface area contributed by atoms with Gasteiger partial charge in [-0.05, 0) is 49.2 Å². The summed E-state index contributed by atoms with van der Waals surface area (Å²) in [6, 6.07) is 12.9. The van der Waals surface area contributed by atoms with Crippen molar-refractivity contribution in [2.24, 2.45) is 0 Å². The van der Waals surface area contributed by atoms with Crippen LogP contribution in [0.1, 0.15) is 18.9 Å². The molecule has 0 spiro atoms. The van der Waals surface area contributed by atoms with Crippen molar-refractivity contribution in [3.05, 3.63) is 52.5 Å². The molecule has 2 aromatic carbocycles. The van der Waals surface area contributed by atoms with Crippen LogP contribution in [0.2, 0.25) is 0 Å². The number of carbonyl (C=O) groups excluding carboxylic acids is 1. The second kappa shape index (κ2) is 8.02. The molecule has 0 unspecified atom stereocenters. The van der Waals surface area contributed by atoms with Gasteiger partial charge < -0.3 is 14.8 Å². The highest BCUT2D eigenvalue weighted by Gasteiger charge is 2.19. The van der Waals surface area contributed by atoms with E-state index in [9.17, 15) is 4.79 Å². The first-order valence-electron chi connectivity index (χ1n) is 7.41. The number of methoxy groups -OCH3 is 1. The molecule has 0 aliphatic heterocycles. The third-order valence-electron chi connectivity index (χ3n) is 3.41. The van der Waals surface area contributed by atoms with E-state index in [1.807, 2.05) is 50.2 Å². The van der Waals surface area contributed by atoms with Gasteiger partial charge >= 0.3 is 0 Å². The molecule has 4 nitrogen and oxygen atoms in total. The molecule has 0 aliphatic carbocycles. The second-order valence-electron chi connectivity index (χ2n) is 5.15. The van der Waals surface area contributed by atoms with Crippen LogP contribution in [0.3, 0.4) is 0 Å². The van der Waals surface area contributed by atoms with E-state index in [4.69, 9.17) is 9.47 Å². The van der Waals surface area contributed by atoms with E-state index in [2.05, 4.69) is 21.2 Å². The Labute approximate surface area is 144 Å². The highest BCUT2D eigenvalue weighted by atomic mass is 79.9. The van der Waals surface area contributed by atoms with Crippen molar-refractivity contribution in [3.63, 3.8) is 0 Å². The number of rotatable bonds is 6. The highest BCUT2D eigenvalue weighted by Crippen LogP contribution is 2.22. The Morgan fingerprint density at radius 1 is 1.22 bits per heavy atom. The zero-order chi connectivity index (χ0) is 16.8. The molecule has 0 aliphatic rings. The van der Waals surface area contributed by atoms with Gasteiger partial charge in [-0.15, -0.1) is 0 Å². The fraction of sp³-hybridized carbons (Fsp3) is 0.278. The standard InChI is InChI=1S/C18H20BrNO3/c1-4-17(23-15-7-5-6-14(11-15)22-3)18(21)20-13-8-9-16(19)12(2)10-13/h5-11,17H,4H2,1-3H3,(H,20,21)/t17-/m1/s1. The van der Waals surface area contributed by atoms with Crippen molar-refractivity contribution in [1.29, 1.82) is 0 Å². The molecule has 0 fully saturated rings. The van der Waals surface area contributed by atoms with E-state index in [-0.39, 0.29) is 5.91 Å². The van der Waals surface area contributed by atoms with E-state index < -0.39 is 6.10 Å². The van der Waals surface area contributed by atoms with Gasteiger partial charge in [0, 0.05) is 16.2 Å². The molecular weight excluding hydrogens is 358 g/mol. The summed E-state index contributed by atoms with van der Waals surface area (Å²) in [5.41, 5.74) is 1.81. The number of hydrogen-bond acceptors (Lipinski definition) is 3. The van der Waals surface area contributed by atoms with Crippen LogP contribution < -0.4 is 14.8 Å². The molecule has 1 amide bonds. The maximum atomic E-state index is 12.4. The summed E-state index contributed by atoms with van der Waals surface area (Å²) >= 11 is 3.45. The van der Waals surface area contributed by atoms with Crippen LogP contribution in [0.5, 0.6) is 11.5 Å². The van der Waals surface area contributed by atoms with Crippen LogP contribution in [0.25, 0.3) is 0 Å². The Bertz CT molecular complexity index is 688. The van der Waals surface area contributed by atoms with Gasteiger partial charge in [0.25, 0.3) is 5.91 Å². The summed E-state index contributed by atoms with van der Waals surface area (Å²) < 4.78 is 12.0. The van der Waals surface area contributed by atoms with Gasteiger partial charge in [-0.2, -0.15) is 0 Å². The van der Waals surface area contributed by atoms with Gasteiger partial charge in [-0.1, -0.05) is 28.9 Å². The minimum absolute atomic E-state index is 0.169. The smallest absolute Gasteiger partial charge is 0.265 e.